The third-order valence-electron chi connectivity index (χ3n) is 1.05. The van der Waals surface area contributed by atoms with Gasteiger partial charge in [-0.05, 0) is 19.9 Å². The number of hydrogen-bond acceptors (Lipinski definition) is 1. The molecule has 0 saturated heterocycles. The summed E-state index contributed by atoms with van der Waals surface area (Å²) in [4.78, 5) is 0. The van der Waals surface area contributed by atoms with Crippen molar-refractivity contribution in [2.24, 2.45) is 5.73 Å². The van der Waals surface area contributed by atoms with Gasteiger partial charge in [-0.2, -0.15) is 0 Å². The Hall–Kier alpha value is -0.0100. The van der Waals surface area contributed by atoms with Crippen molar-refractivity contribution in [3.05, 3.63) is 11.6 Å². The number of allylic oxidation sites excluding steroid dienone is 1. The van der Waals surface area contributed by atoms with E-state index in [1.165, 1.54) is 5.57 Å². The van der Waals surface area contributed by atoms with Crippen LogP contribution in [0.2, 0.25) is 0 Å². The first-order chi connectivity index (χ1) is 3.85. The van der Waals surface area contributed by atoms with Gasteiger partial charge in [0.2, 0.25) is 0 Å². The third-order valence-corrected chi connectivity index (χ3v) is 1.39. The van der Waals surface area contributed by atoms with Crippen LogP contribution in [0.25, 0.3) is 0 Å². The van der Waals surface area contributed by atoms with Crippen LogP contribution in [-0.4, -0.2) is 12.4 Å². The lowest BCUT2D eigenvalue weighted by Crippen LogP contribution is -2.00. The Morgan fingerprint density at radius 2 is 2.38 bits per heavy atom. The van der Waals surface area contributed by atoms with Crippen LogP contribution in [0.15, 0.2) is 11.6 Å². The fraction of sp³-hybridized carbons (Fsp3) is 0.667. The molecule has 2 N–H and O–H groups in total. The molecule has 0 aliphatic rings. The minimum atomic E-state index is 0.619. The standard InChI is InChI=1S/C6H12ClN/c1-2-6(5-7)3-4-8/h2H,3-5,8H2,1H3. The Balaban J connectivity index is 3.38. The van der Waals surface area contributed by atoms with Crippen LogP contribution in [0.3, 0.4) is 0 Å². The topological polar surface area (TPSA) is 26.0 Å². The normalized spacial score (nSPS) is 12.1. The van der Waals surface area contributed by atoms with Gasteiger partial charge in [-0.3, -0.25) is 0 Å². The minimum Gasteiger partial charge on any atom is -0.330 e. The van der Waals surface area contributed by atoms with Crippen molar-refractivity contribution in [2.75, 3.05) is 12.4 Å². The average molecular weight is 134 g/mol. The second-order valence-corrected chi connectivity index (χ2v) is 1.89. The quantitative estimate of drug-likeness (QED) is 0.459. The first-order valence-corrected chi connectivity index (χ1v) is 3.28. The highest BCUT2D eigenvalue weighted by molar-refractivity contribution is 6.19. The van der Waals surface area contributed by atoms with E-state index in [1.807, 2.05) is 13.0 Å². The molecule has 0 saturated carbocycles. The largest absolute Gasteiger partial charge is 0.330 e. The summed E-state index contributed by atoms with van der Waals surface area (Å²) in [7, 11) is 0. The molecule has 0 heterocycles. The fourth-order valence-corrected chi connectivity index (χ4v) is 0.762. The molecule has 2 heteroatoms. The first-order valence-electron chi connectivity index (χ1n) is 2.75. The number of nitrogens with two attached hydrogens (primary N) is 1. The summed E-state index contributed by atoms with van der Waals surface area (Å²) in [5, 5.41) is 0. The van der Waals surface area contributed by atoms with E-state index >= 15 is 0 Å². The molecule has 0 rings (SSSR count). The molecular formula is C6H12ClN. The van der Waals surface area contributed by atoms with E-state index in [-0.39, 0.29) is 0 Å². The van der Waals surface area contributed by atoms with Gasteiger partial charge in [0.1, 0.15) is 0 Å². The van der Waals surface area contributed by atoms with Crippen molar-refractivity contribution in [1.82, 2.24) is 0 Å². The highest BCUT2D eigenvalue weighted by Crippen LogP contribution is 2.00. The lowest BCUT2D eigenvalue weighted by molar-refractivity contribution is 0.950. The third kappa shape index (κ3) is 3.05. The van der Waals surface area contributed by atoms with Crippen molar-refractivity contribution in [3.63, 3.8) is 0 Å². The van der Waals surface area contributed by atoms with E-state index in [1.54, 1.807) is 0 Å². The molecule has 0 aromatic rings. The molecule has 8 heavy (non-hydrogen) atoms. The molecule has 0 amide bonds. The molecule has 48 valence electrons. The summed E-state index contributed by atoms with van der Waals surface area (Å²) in [5.74, 6) is 0.619. The molecule has 0 unspecified atom stereocenters. The molecular weight excluding hydrogens is 122 g/mol. The Morgan fingerprint density at radius 1 is 1.75 bits per heavy atom. The van der Waals surface area contributed by atoms with Gasteiger partial charge >= 0.3 is 0 Å². The summed E-state index contributed by atoms with van der Waals surface area (Å²) in [6, 6.07) is 0. The fourth-order valence-electron chi connectivity index (χ4n) is 0.474. The highest BCUT2D eigenvalue weighted by atomic mass is 35.5. The summed E-state index contributed by atoms with van der Waals surface area (Å²) >= 11 is 5.52. The Labute approximate surface area is 55.5 Å². The van der Waals surface area contributed by atoms with Crippen molar-refractivity contribution in [2.45, 2.75) is 13.3 Å². The number of halogens is 1. The van der Waals surface area contributed by atoms with Gasteiger partial charge in [0.25, 0.3) is 0 Å². The van der Waals surface area contributed by atoms with Crippen LogP contribution in [0.4, 0.5) is 0 Å². The van der Waals surface area contributed by atoms with Gasteiger partial charge in [-0.25, -0.2) is 0 Å². The highest BCUT2D eigenvalue weighted by Gasteiger charge is 1.88. The van der Waals surface area contributed by atoms with Crippen LogP contribution in [0.5, 0.6) is 0 Å². The van der Waals surface area contributed by atoms with Gasteiger partial charge in [-0.15, -0.1) is 11.6 Å². The van der Waals surface area contributed by atoms with Crippen LogP contribution >= 0.6 is 11.6 Å². The molecule has 1 nitrogen and oxygen atoms in total. The maximum Gasteiger partial charge on any atom is 0.0433 e. The van der Waals surface area contributed by atoms with Crippen LogP contribution < -0.4 is 5.73 Å². The lowest BCUT2D eigenvalue weighted by Gasteiger charge is -1.96. The Kier molecular flexibility index (Phi) is 5.13. The molecule has 0 aromatic heterocycles. The molecule has 0 radical (unpaired) electrons. The van der Waals surface area contributed by atoms with Gasteiger partial charge in [0.15, 0.2) is 0 Å². The molecule has 0 fully saturated rings. The smallest absolute Gasteiger partial charge is 0.0433 e. The maximum atomic E-state index is 5.52. The average Bonchev–Trinajstić information content (AvgIpc) is 1.83. The summed E-state index contributed by atoms with van der Waals surface area (Å²) in [6.45, 7) is 2.68. The molecule has 0 bridgehead atoms. The van der Waals surface area contributed by atoms with Crippen LogP contribution in [0.1, 0.15) is 13.3 Å². The number of hydrogen-bond donors (Lipinski definition) is 1. The molecule has 0 aliphatic heterocycles. The summed E-state index contributed by atoms with van der Waals surface area (Å²) in [6.07, 6.45) is 2.94. The monoisotopic (exact) mass is 133 g/mol. The number of rotatable bonds is 3. The molecule has 0 aromatic carbocycles. The van der Waals surface area contributed by atoms with Crippen molar-refractivity contribution >= 4 is 11.6 Å². The van der Waals surface area contributed by atoms with E-state index in [4.69, 9.17) is 17.3 Å². The van der Waals surface area contributed by atoms with Crippen LogP contribution in [0, 0.1) is 0 Å². The predicted molar refractivity (Wildman–Crippen MR) is 38.1 cm³/mol. The predicted octanol–water partition coefficient (Wildman–Crippen LogP) is 1.52. The van der Waals surface area contributed by atoms with Gasteiger partial charge in [0, 0.05) is 5.88 Å². The van der Waals surface area contributed by atoms with Crippen molar-refractivity contribution in [3.8, 4) is 0 Å². The van der Waals surface area contributed by atoms with E-state index in [0.29, 0.717) is 12.4 Å². The van der Waals surface area contributed by atoms with E-state index < -0.39 is 0 Å². The zero-order valence-corrected chi connectivity index (χ0v) is 5.91. The van der Waals surface area contributed by atoms with Gasteiger partial charge in [0.05, 0.1) is 0 Å². The second kappa shape index (κ2) is 5.13. The van der Waals surface area contributed by atoms with Gasteiger partial charge in [-0.1, -0.05) is 11.6 Å². The summed E-state index contributed by atoms with van der Waals surface area (Å²) < 4.78 is 0. The SMILES string of the molecule is CC=C(CCl)CCN. The molecule has 0 spiro atoms. The summed E-state index contributed by atoms with van der Waals surface area (Å²) in [5.41, 5.74) is 6.51. The minimum absolute atomic E-state index is 0.619. The molecule has 0 atom stereocenters. The van der Waals surface area contributed by atoms with Crippen molar-refractivity contribution < 1.29 is 0 Å². The van der Waals surface area contributed by atoms with E-state index in [0.717, 1.165) is 6.42 Å². The first kappa shape index (κ1) is 7.99. The Morgan fingerprint density at radius 3 is 2.50 bits per heavy atom. The lowest BCUT2D eigenvalue weighted by atomic mass is 10.2. The maximum absolute atomic E-state index is 5.52. The second-order valence-electron chi connectivity index (χ2n) is 1.62. The Bertz CT molecular complexity index is 78.6. The van der Waals surface area contributed by atoms with E-state index in [9.17, 15) is 0 Å². The molecule has 0 aliphatic carbocycles. The van der Waals surface area contributed by atoms with Gasteiger partial charge < -0.3 is 5.73 Å². The zero-order chi connectivity index (χ0) is 6.41. The van der Waals surface area contributed by atoms with Crippen molar-refractivity contribution in [1.29, 1.82) is 0 Å². The van der Waals surface area contributed by atoms with E-state index in [2.05, 4.69) is 0 Å². The zero-order valence-electron chi connectivity index (χ0n) is 5.15. The number of alkyl halides is 1. The van der Waals surface area contributed by atoms with Crippen LogP contribution in [-0.2, 0) is 0 Å².